The van der Waals surface area contributed by atoms with Gasteiger partial charge in [-0.15, -0.1) is 0 Å². The molecule has 1 fully saturated rings. The molecule has 2 N–H and O–H groups in total. The first-order chi connectivity index (χ1) is 12.4. The Labute approximate surface area is 149 Å². The monoisotopic (exact) mass is 367 g/mol. The number of carbonyl (C=O) groups excluding carboxylic acids is 1. The molecule has 0 aromatic carbocycles. The number of carbonyl (C=O) groups is 1. The van der Waals surface area contributed by atoms with E-state index >= 15 is 0 Å². The van der Waals surface area contributed by atoms with E-state index in [0.717, 1.165) is 23.1 Å². The standard InChI is InChI=1S/C17H16F3N5O.2H2/c18-17(19,20)8-25(7-10-1-2-10)16(26)13-5-11(6-22-13)14-12-3-4-21-15(12)24-9-23-14;;/h3-6,9-10,22H,1-2,7-8H2,(H,21,23,24);2*1H. The Kier molecular flexibility index (Phi) is 3.93. The molecule has 3 aromatic heterocycles. The summed E-state index contributed by atoms with van der Waals surface area (Å²) in [4.78, 5) is 27.6. The van der Waals surface area contributed by atoms with Gasteiger partial charge in [0.05, 0.1) is 5.69 Å². The van der Waals surface area contributed by atoms with Crippen molar-refractivity contribution in [3.05, 3.63) is 36.5 Å². The van der Waals surface area contributed by atoms with Crippen molar-refractivity contribution in [3.8, 4) is 11.3 Å². The molecule has 0 spiro atoms. The van der Waals surface area contributed by atoms with E-state index in [4.69, 9.17) is 0 Å². The quantitative estimate of drug-likeness (QED) is 0.719. The van der Waals surface area contributed by atoms with Crippen LogP contribution in [0.1, 0.15) is 26.2 Å². The van der Waals surface area contributed by atoms with Crippen molar-refractivity contribution in [1.29, 1.82) is 0 Å². The largest absolute Gasteiger partial charge is 0.406 e. The van der Waals surface area contributed by atoms with E-state index in [0.29, 0.717) is 16.9 Å². The van der Waals surface area contributed by atoms with Crippen molar-refractivity contribution in [2.45, 2.75) is 19.0 Å². The topological polar surface area (TPSA) is 77.7 Å². The van der Waals surface area contributed by atoms with E-state index < -0.39 is 18.6 Å². The number of aromatic nitrogens is 4. The third-order valence-corrected chi connectivity index (χ3v) is 4.37. The number of rotatable bonds is 5. The highest BCUT2D eigenvalue weighted by atomic mass is 19.4. The lowest BCUT2D eigenvalue weighted by molar-refractivity contribution is -0.141. The summed E-state index contributed by atoms with van der Waals surface area (Å²) in [6.07, 6.45) is 2.00. The molecule has 0 radical (unpaired) electrons. The van der Waals surface area contributed by atoms with Gasteiger partial charge in [0.2, 0.25) is 0 Å². The maximum absolute atomic E-state index is 12.8. The fourth-order valence-electron chi connectivity index (χ4n) is 2.98. The SMILES string of the molecule is O=C(c1cc(-c2ncnc3[nH]ccc23)c[nH]1)N(CC1CC1)CC(F)(F)F.[HH].[HH]. The van der Waals surface area contributed by atoms with Crippen molar-refractivity contribution in [2.24, 2.45) is 5.92 Å². The van der Waals surface area contributed by atoms with Crippen LogP contribution in [0.3, 0.4) is 0 Å². The van der Waals surface area contributed by atoms with Crippen LogP contribution in [0.15, 0.2) is 30.9 Å². The first-order valence-corrected chi connectivity index (χ1v) is 8.23. The van der Waals surface area contributed by atoms with Gasteiger partial charge in [0, 0.05) is 32.7 Å². The number of halogens is 3. The van der Waals surface area contributed by atoms with E-state index in [2.05, 4.69) is 19.9 Å². The maximum atomic E-state index is 12.8. The molecular weight excluding hydrogens is 347 g/mol. The number of aromatic amines is 2. The van der Waals surface area contributed by atoms with Crippen LogP contribution < -0.4 is 0 Å². The lowest BCUT2D eigenvalue weighted by Gasteiger charge is -2.23. The number of hydrogen-bond donors (Lipinski definition) is 2. The van der Waals surface area contributed by atoms with Gasteiger partial charge < -0.3 is 14.9 Å². The van der Waals surface area contributed by atoms with Crippen molar-refractivity contribution in [2.75, 3.05) is 13.1 Å². The van der Waals surface area contributed by atoms with Gasteiger partial charge in [0.15, 0.2) is 0 Å². The smallest absolute Gasteiger partial charge is 0.357 e. The molecule has 3 aromatic rings. The highest BCUT2D eigenvalue weighted by molar-refractivity contribution is 5.96. The van der Waals surface area contributed by atoms with Gasteiger partial charge in [-0.1, -0.05) is 0 Å². The summed E-state index contributed by atoms with van der Waals surface area (Å²) in [7, 11) is 0. The third kappa shape index (κ3) is 3.42. The Morgan fingerprint density at radius 1 is 1.31 bits per heavy atom. The first kappa shape index (κ1) is 16.6. The number of alkyl halides is 3. The van der Waals surface area contributed by atoms with Crippen LogP contribution in [0.2, 0.25) is 0 Å². The Hall–Kier alpha value is -2.84. The Morgan fingerprint density at radius 2 is 2.12 bits per heavy atom. The summed E-state index contributed by atoms with van der Waals surface area (Å²) >= 11 is 0. The summed E-state index contributed by atoms with van der Waals surface area (Å²) in [6.45, 7) is -1.12. The minimum absolute atomic E-state index is 0. The first-order valence-electron chi connectivity index (χ1n) is 8.23. The third-order valence-electron chi connectivity index (χ3n) is 4.37. The van der Waals surface area contributed by atoms with Gasteiger partial charge in [-0.3, -0.25) is 4.79 Å². The number of H-pyrrole nitrogens is 2. The van der Waals surface area contributed by atoms with Gasteiger partial charge in [-0.05, 0) is 30.9 Å². The molecule has 4 rings (SSSR count). The van der Waals surface area contributed by atoms with Gasteiger partial charge in [-0.2, -0.15) is 13.2 Å². The second-order valence-electron chi connectivity index (χ2n) is 6.51. The van der Waals surface area contributed by atoms with Crippen LogP contribution in [0, 0.1) is 5.92 Å². The van der Waals surface area contributed by atoms with E-state index in [-0.39, 0.29) is 21.0 Å². The predicted molar refractivity (Wildman–Crippen MR) is 92.6 cm³/mol. The van der Waals surface area contributed by atoms with Crippen molar-refractivity contribution in [3.63, 3.8) is 0 Å². The fourth-order valence-corrected chi connectivity index (χ4v) is 2.98. The molecule has 9 heteroatoms. The summed E-state index contributed by atoms with van der Waals surface area (Å²) in [5.41, 5.74) is 2.00. The lowest BCUT2D eigenvalue weighted by Crippen LogP contribution is -2.40. The van der Waals surface area contributed by atoms with Crippen LogP contribution in [-0.4, -0.2) is 50.0 Å². The Bertz CT molecular complexity index is 952. The molecule has 0 unspecified atom stereocenters. The highest BCUT2D eigenvalue weighted by Crippen LogP contribution is 2.32. The van der Waals surface area contributed by atoms with E-state index in [1.807, 2.05) is 6.07 Å². The zero-order valence-corrected chi connectivity index (χ0v) is 13.7. The van der Waals surface area contributed by atoms with E-state index in [1.54, 1.807) is 12.4 Å². The van der Waals surface area contributed by atoms with Crippen LogP contribution in [0.5, 0.6) is 0 Å². The molecule has 1 amide bonds. The molecule has 3 heterocycles. The summed E-state index contributed by atoms with van der Waals surface area (Å²) in [5.74, 6) is -0.489. The molecule has 0 atom stereocenters. The zero-order valence-electron chi connectivity index (χ0n) is 13.7. The van der Waals surface area contributed by atoms with Crippen LogP contribution in [-0.2, 0) is 0 Å². The molecule has 140 valence electrons. The molecule has 0 bridgehead atoms. The van der Waals surface area contributed by atoms with Gasteiger partial charge in [0.25, 0.3) is 5.91 Å². The lowest BCUT2D eigenvalue weighted by atomic mass is 10.1. The minimum atomic E-state index is -4.43. The average Bonchev–Trinajstić information content (AvgIpc) is 3.09. The van der Waals surface area contributed by atoms with E-state index in [1.165, 1.54) is 12.4 Å². The highest BCUT2D eigenvalue weighted by Gasteiger charge is 2.36. The van der Waals surface area contributed by atoms with Crippen LogP contribution >= 0.6 is 0 Å². The number of nitrogens with one attached hydrogen (secondary N) is 2. The maximum Gasteiger partial charge on any atom is 0.406 e. The number of hydrogen-bond acceptors (Lipinski definition) is 3. The molecule has 1 aliphatic rings. The number of amides is 1. The van der Waals surface area contributed by atoms with E-state index in [9.17, 15) is 18.0 Å². The predicted octanol–water partition coefficient (Wildman–Crippen LogP) is 3.86. The molecule has 1 saturated carbocycles. The molecule has 26 heavy (non-hydrogen) atoms. The van der Waals surface area contributed by atoms with Crippen molar-refractivity contribution in [1.82, 2.24) is 24.8 Å². The van der Waals surface area contributed by atoms with Crippen molar-refractivity contribution < 1.29 is 20.8 Å². The molecule has 6 nitrogen and oxygen atoms in total. The zero-order chi connectivity index (χ0) is 18.3. The molecule has 0 saturated heterocycles. The Morgan fingerprint density at radius 3 is 2.85 bits per heavy atom. The second-order valence-corrected chi connectivity index (χ2v) is 6.51. The number of fused-ring (bicyclic) bond motifs is 1. The van der Waals surface area contributed by atoms with Crippen molar-refractivity contribution >= 4 is 16.9 Å². The van der Waals surface area contributed by atoms with Gasteiger partial charge in [-0.25, -0.2) is 9.97 Å². The van der Waals surface area contributed by atoms with Gasteiger partial charge >= 0.3 is 6.18 Å². The van der Waals surface area contributed by atoms with Crippen LogP contribution in [0.4, 0.5) is 13.2 Å². The van der Waals surface area contributed by atoms with Crippen LogP contribution in [0.25, 0.3) is 22.3 Å². The van der Waals surface area contributed by atoms with Gasteiger partial charge in [0.1, 0.15) is 24.2 Å². The summed E-state index contributed by atoms with van der Waals surface area (Å²) in [6, 6.07) is 3.34. The minimum Gasteiger partial charge on any atom is -0.357 e. The molecule has 1 aliphatic carbocycles. The molecular formula is C17H20F3N5O. The summed E-state index contributed by atoms with van der Waals surface area (Å²) < 4.78 is 38.5. The normalized spacial score (nSPS) is 14.7. The fraction of sp³-hybridized carbons (Fsp3) is 0.353. The summed E-state index contributed by atoms with van der Waals surface area (Å²) in [5, 5.41) is 0.774. The Balaban J connectivity index is 0.00000140. The number of nitrogens with zero attached hydrogens (tertiary/aromatic N) is 3. The average molecular weight is 367 g/mol. The second kappa shape index (κ2) is 6.15. The molecule has 0 aliphatic heterocycles.